The van der Waals surface area contributed by atoms with Crippen molar-refractivity contribution in [3.63, 3.8) is 0 Å². The Morgan fingerprint density at radius 1 is 1.53 bits per heavy atom. The molecule has 4 heteroatoms. The zero-order valence-electron chi connectivity index (χ0n) is 10.6. The summed E-state index contributed by atoms with van der Waals surface area (Å²) in [4.78, 5) is 0. The molecule has 2 saturated heterocycles. The van der Waals surface area contributed by atoms with Crippen LogP contribution in [0.3, 0.4) is 0 Å². The first kappa shape index (κ1) is 11.2. The Morgan fingerprint density at radius 2 is 2.41 bits per heavy atom. The van der Waals surface area contributed by atoms with Gasteiger partial charge in [0, 0.05) is 24.8 Å². The van der Waals surface area contributed by atoms with E-state index in [0.717, 1.165) is 12.2 Å². The van der Waals surface area contributed by atoms with Crippen LogP contribution < -0.4 is 5.32 Å². The third-order valence-corrected chi connectivity index (χ3v) is 3.84. The van der Waals surface area contributed by atoms with Crippen LogP contribution in [0.2, 0.25) is 0 Å². The zero-order valence-corrected chi connectivity index (χ0v) is 10.6. The van der Waals surface area contributed by atoms with Crippen molar-refractivity contribution in [2.24, 2.45) is 0 Å². The van der Waals surface area contributed by atoms with E-state index in [9.17, 15) is 0 Å². The number of nitrogens with zero attached hydrogens (tertiary/aromatic N) is 2. The van der Waals surface area contributed by atoms with Crippen LogP contribution in [0.1, 0.15) is 44.8 Å². The lowest BCUT2D eigenvalue weighted by Crippen LogP contribution is -2.37. The highest BCUT2D eigenvalue weighted by atomic mass is 16.5. The molecule has 4 nitrogen and oxygen atoms in total. The summed E-state index contributed by atoms with van der Waals surface area (Å²) in [7, 11) is 0. The maximum Gasteiger partial charge on any atom is 0.0762 e. The molecule has 3 heterocycles. The first-order valence-electron chi connectivity index (χ1n) is 6.65. The Labute approximate surface area is 102 Å². The Balaban J connectivity index is 1.53. The molecule has 2 aliphatic heterocycles. The fourth-order valence-corrected chi connectivity index (χ4v) is 2.85. The standard InChI is InChI=1S/C13H21N3O/c1-9(2)16-6-5-10(15-16)8-14-12-7-11-3-4-13(12)17-11/h5-6,9,11-14H,3-4,7-8H2,1-2H3. The van der Waals surface area contributed by atoms with Crippen molar-refractivity contribution >= 4 is 0 Å². The summed E-state index contributed by atoms with van der Waals surface area (Å²) in [5.41, 5.74) is 1.13. The van der Waals surface area contributed by atoms with Crippen LogP contribution in [0.25, 0.3) is 0 Å². The van der Waals surface area contributed by atoms with Gasteiger partial charge in [0.05, 0.1) is 17.9 Å². The lowest BCUT2D eigenvalue weighted by atomic mass is 9.95. The fraction of sp³-hybridized carbons (Fsp3) is 0.769. The summed E-state index contributed by atoms with van der Waals surface area (Å²) in [6.07, 6.45) is 6.68. The molecule has 1 aromatic rings. The first-order valence-corrected chi connectivity index (χ1v) is 6.65. The van der Waals surface area contributed by atoms with Crippen LogP contribution >= 0.6 is 0 Å². The molecule has 2 fully saturated rings. The van der Waals surface area contributed by atoms with Gasteiger partial charge in [-0.15, -0.1) is 0 Å². The lowest BCUT2D eigenvalue weighted by Gasteiger charge is -2.19. The molecule has 3 rings (SSSR count). The van der Waals surface area contributed by atoms with E-state index >= 15 is 0 Å². The maximum atomic E-state index is 5.83. The van der Waals surface area contributed by atoms with Crippen molar-refractivity contribution in [3.8, 4) is 0 Å². The van der Waals surface area contributed by atoms with E-state index in [1.54, 1.807) is 0 Å². The van der Waals surface area contributed by atoms with Crippen LogP contribution in [-0.2, 0) is 11.3 Å². The number of nitrogens with one attached hydrogen (secondary N) is 1. The van der Waals surface area contributed by atoms with E-state index in [1.807, 2.05) is 4.68 Å². The molecule has 0 amide bonds. The molecule has 0 aromatic carbocycles. The van der Waals surface area contributed by atoms with Crippen molar-refractivity contribution in [3.05, 3.63) is 18.0 Å². The van der Waals surface area contributed by atoms with Gasteiger partial charge >= 0.3 is 0 Å². The number of rotatable bonds is 4. The van der Waals surface area contributed by atoms with Gasteiger partial charge in [-0.05, 0) is 39.2 Å². The van der Waals surface area contributed by atoms with Crippen LogP contribution in [0, 0.1) is 0 Å². The fourth-order valence-electron chi connectivity index (χ4n) is 2.85. The summed E-state index contributed by atoms with van der Waals surface area (Å²) >= 11 is 0. The Bertz CT molecular complexity index is 388. The van der Waals surface area contributed by atoms with E-state index in [-0.39, 0.29) is 0 Å². The average molecular weight is 235 g/mol. The van der Waals surface area contributed by atoms with Gasteiger partial charge in [0.2, 0.25) is 0 Å². The molecule has 0 radical (unpaired) electrons. The number of fused-ring (bicyclic) bond motifs is 2. The Kier molecular flexibility index (Phi) is 2.92. The normalized spacial score (nSPS) is 31.6. The quantitative estimate of drug-likeness (QED) is 0.866. The van der Waals surface area contributed by atoms with Crippen molar-refractivity contribution in [2.75, 3.05) is 0 Å². The highest BCUT2D eigenvalue weighted by Crippen LogP contribution is 2.34. The molecular weight excluding hydrogens is 214 g/mol. The third-order valence-electron chi connectivity index (χ3n) is 3.84. The van der Waals surface area contributed by atoms with Gasteiger partial charge in [-0.1, -0.05) is 0 Å². The highest BCUT2D eigenvalue weighted by Gasteiger charge is 2.40. The van der Waals surface area contributed by atoms with Gasteiger partial charge in [-0.3, -0.25) is 4.68 Å². The molecule has 0 saturated carbocycles. The molecule has 2 bridgehead atoms. The molecule has 1 aromatic heterocycles. The zero-order chi connectivity index (χ0) is 11.8. The summed E-state index contributed by atoms with van der Waals surface area (Å²) in [6, 6.07) is 3.08. The van der Waals surface area contributed by atoms with Gasteiger partial charge in [0.25, 0.3) is 0 Å². The highest BCUT2D eigenvalue weighted by molar-refractivity contribution is 5.01. The second-order valence-corrected chi connectivity index (χ2v) is 5.48. The average Bonchev–Trinajstić information content (AvgIpc) is 3.02. The third kappa shape index (κ3) is 2.24. The number of aromatic nitrogens is 2. The molecule has 3 unspecified atom stereocenters. The van der Waals surface area contributed by atoms with Gasteiger partial charge in [-0.25, -0.2) is 0 Å². The summed E-state index contributed by atoms with van der Waals surface area (Å²) in [5.74, 6) is 0. The van der Waals surface area contributed by atoms with Gasteiger partial charge < -0.3 is 10.1 Å². The lowest BCUT2D eigenvalue weighted by molar-refractivity contribution is 0.0972. The van der Waals surface area contributed by atoms with E-state index in [4.69, 9.17) is 4.74 Å². The second kappa shape index (κ2) is 4.42. The van der Waals surface area contributed by atoms with Crippen LogP contribution in [0.4, 0.5) is 0 Å². The maximum absolute atomic E-state index is 5.83. The van der Waals surface area contributed by atoms with E-state index < -0.39 is 0 Å². The number of hydrogen-bond donors (Lipinski definition) is 1. The topological polar surface area (TPSA) is 39.1 Å². The molecule has 2 aliphatic rings. The minimum atomic E-state index is 0.439. The molecule has 3 atom stereocenters. The van der Waals surface area contributed by atoms with Crippen LogP contribution in [-0.4, -0.2) is 28.0 Å². The van der Waals surface area contributed by atoms with Crippen molar-refractivity contribution < 1.29 is 4.74 Å². The van der Waals surface area contributed by atoms with E-state index in [2.05, 4.69) is 36.5 Å². The van der Waals surface area contributed by atoms with Crippen molar-refractivity contribution in [1.29, 1.82) is 0 Å². The first-order chi connectivity index (χ1) is 8.22. The van der Waals surface area contributed by atoms with Gasteiger partial charge in [-0.2, -0.15) is 5.10 Å². The summed E-state index contributed by atoms with van der Waals surface area (Å²) < 4.78 is 7.84. The predicted octanol–water partition coefficient (Wildman–Crippen LogP) is 1.87. The Morgan fingerprint density at radius 3 is 3.00 bits per heavy atom. The number of hydrogen-bond acceptors (Lipinski definition) is 3. The second-order valence-electron chi connectivity index (χ2n) is 5.48. The molecular formula is C13H21N3O. The minimum Gasteiger partial charge on any atom is -0.373 e. The van der Waals surface area contributed by atoms with Gasteiger partial charge in [0.1, 0.15) is 0 Å². The summed E-state index contributed by atoms with van der Waals surface area (Å²) in [6.45, 7) is 5.15. The van der Waals surface area contributed by atoms with E-state index in [1.165, 1.54) is 19.3 Å². The SMILES string of the molecule is CC(C)n1ccc(CNC2CC3CCC2O3)n1. The summed E-state index contributed by atoms with van der Waals surface area (Å²) in [5, 5.41) is 8.13. The largest absolute Gasteiger partial charge is 0.373 e. The molecule has 1 N–H and O–H groups in total. The molecule has 0 spiro atoms. The van der Waals surface area contributed by atoms with Crippen molar-refractivity contribution in [2.45, 2.75) is 63.9 Å². The Hall–Kier alpha value is -0.870. The smallest absolute Gasteiger partial charge is 0.0762 e. The molecule has 17 heavy (non-hydrogen) atoms. The number of ether oxygens (including phenoxy) is 1. The minimum absolute atomic E-state index is 0.439. The molecule has 0 aliphatic carbocycles. The monoisotopic (exact) mass is 235 g/mol. The van der Waals surface area contributed by atoms with Crippen LogP contribution in [0.5, 0.6) is 0 Å². The molecule has 94 valence electrons. The van der Waals surface area contributed by atoms with Crippen LogP contribution in [0.15, 0.2) is 12.3 Å². The van der Waals surface area contributed by atoms with E-state index in [0.29, 0.717) is 24.3 Å². The van der Waals surface area contributed by atoms with Crippen molar-refractivity contribution in [1.82, 2.24) is 15.1 Å². The predicted molar refractivity (Wildman–Crippen MR) is 65.8 cm³/mol. The van der Waals surface area contributed by atoms with Gasteiger partial charge in [0.15, 0.2) is 0 Å².